The maximum Gasteiger partial charge on any atom is 0.0417 e. The summed E-state index contributed by atoms with van der Waals surface area (Å²) in [5.74, 6) is 0. The van der Waals surface area contributed by atoms with E-state index in [9.17, 15) is 0 Å². The molecule has 18 heavy (non-hydrogen) atoms. The quantitative estimate of drug-likeness (QED) is 0.807. The number of hydrogen-bond donors (Lipinski definition) is 1. The first-order valence-corrected chi connectivity index (χ1v) is 7.13. The van der Waals surface area contributed by atoms with E-state index in [0.717, 1.165) is 28.1 Å². The van der Waals surface area contributed by atoms with Gasteiger partial charge in [-0.25, -0.2) is 0 Å². The zero-order valence-corrected chi connectivity index (χ0v) is 12.6. The van der Waals surface area contributed by atoms with Crippen LogP contribution in [0.25, 0.3) is 0 Å². The lowest BCUT2D eigenvalue weighted by Gasteiger charge is -2.09. The van der Waals surface area contributed by atoms with E-state index in [-0.39, 0.29) is 0 Å². The van der Waals surface area contributed by atoms with Crippen LogP contribution in [0.15, 0.2) is 46.9 Å². The first kappa shape index (κ1) is 13.4. The molecule has 94 valence electrons. The van der Waals surface area contributed by atoms with Crippen LogP contribution in [-0.4, -0.2) is 0 Å². The zero-order chi connectivity index (χ0) is 13.0. The highest BCUT2D eigenvalue weighted by Gasteiger charge is 2.01. The normalized spacial score (nSPS) is 10.4. The molecule has 0 aliphatic heterocycles. The summed E-state index contributed by atoms with van der Waals surface area (Å²) < 4.78 is 1.04. The molecule has 0 saturated heterocycles. The molecule has 0 unspecified atom stereocenters. The van der Waals surface area contributed by atoms with Gasteiger partial charge in [0.1, 0.15) is 0 Å². The summed E-state index contributed by atoms with van der Waals surface area (Å²) in [5.41, 5.74) is 3.69. The number of rotatable bonds is 4. The average Bonchev–Trinajstić information content (AvgIpc) is 2.38. The standard InChI is InChI=1S/C15H15BrClN/c1-2-11-4-3-5-14(8-11)18-10-12-6-7-13(17)9-15(12)16/h3-9,18H,2,10H2,1H3. The Balaban J connectivity index is 2.06. The number of halogens is 2. The fourth-order valence-corrected chi connectivity index (χ4v) is 2.59. The Morgan fingerprint density at radius 3 is 2.72 bits per heavy atom. The minimum Gasteiger partial charge on any atom is -0.381 e. The van der Waals surface area contributed by atoms with Gasteiger partial charge in [0, 0.05) is 21.7 Å². The molecule has 0 aliphatic carbocycles. The van der Waals surface area contributed by atoms with Crippen molar-refractivity contribution in [3.8, 4) is 0 Å². The molecule has 0 aliphatic rings. The van der Waals surface area contributed by atoms with Crippen molar-refractivity contribution in [1.82, 2.24) is 0 Å². The Labute approximate surface area is 121 Å². The van der Waals surface area contributed by atoms with E-state index in [1.165, 1.54) is 11.1 Å². The molecule has 2 rings (SSSR count). The third-order valence-electron chi connectivity index (χ3n) is 2.83. The van der Waals surface area contributed by atoms with Crippen molar-refractivity contribution in [2.24, 2.45) is 0 Å². The molecule has 3 heteroatoms. The van der Waals surface area contributed by atoms with Gasteiger partial charge in [-0.2, -0.15) is 0 Å². The van der Waals surface area contributed by atoms with Crippen LogP contribution in [0.3, 0.4) is 0 Å². The Morgan fingerprint density at radius 1 is 1.17 bits per heavy atom. The van der Waals surface area contributed by atoms with Crippen LogP contribution in [0.1, 0.15) is 18.1 Å². The molecule has 0 aromatic heterocycles. The third kappa shape index (κ3) is 3.50. The van der Waals surface area contributed by atoms with E-state index in [4.69, 9.17) is 11.6 Å². The third-order valence-corrected chi connectivity index (χ3v) is 3.81. The summed E-state index contributed by atoms with van der Waals surface area (Å²) in [6.45, 7) is 2.94. The first-order chi connectivity index (χ1) is 8.69. The molecule has 0 heterocycles. The van der Waals surface area contributed by atoms with E-state index in [1.807, 2.05) is 18.2 Å². The van der Waals surface area contributed by atoms with E-state index >= 15 is 0 Å². The zero-order valence-electron chi connectivity index (χ0n) is 10.2. The van der Waals surface area contributed by atoms with Gasteiger partial charge in [-0.15, -0.1) is 0 Å². The van der Waals surface area contributed by atoms with E-state index in [1.54, 1.807) is 0 Å². The van der Waals surface area contributed by atoms with Gasteiger partial charge in [0.05, 0.1) is 0 Å². The Morgan fingerprint density at radius 2 is 2.00 bits per heavy atom. The van der Waals surface area contributed by atoms with Crippen molar-refractivity contribution in [3.05, 3.63) is 63.1 Å². The minimum absolute atomic E-state index is 0.749. The predicted octanol–water partition coefficient (Wildman–Crippen LogP) is 5.28. The molecule has 2 aromatic carbocycles. The molecule has 2 aromatic rings. The van der Waals surface area contributed by atoms with Crippen LogP contribution in [-0.2, 0) is 13.0 Å². The lowest BCUT2D eigenvalue weighted by atomic mass is 10.1. The smallest absolute Gasteiger partial charge is 0.0417 e. The van der Waals surface area contributed by atoms with Crippen LogP contribution in [0, 0.1) is 0 Å². The Bertz CT molecular complexity index is 540. The molecule has 1 N–H and O–H groups in total. The summed E-state index contributed by atoms with van der Waals surface area (Å²) in [5, 5.41) is 4.17. The summed E-state index contributed by atoms with van der Waals surface area (Å²) in [7, 11) is 0. The monoisotopic (exact) mass is 323 g/mol. The molecule has 0 bridgehead atoms. The summed E-state index contributed by atoms with van der Waals surface area (Å²) in [6.07, 6.45) is 1.06. The van der Waals surface area contributed by atoms with Crippen molar-refractivity contribution in [3.63, 3.8) is 0 Å². The molecule has 0 amide bonds. The maximum absolute atomic E-state index is 5.92. The number of nitrogens with one attached hydrogen (secondary N) is 1. The van der Waals surface area contributed by atoms with Crippen molar-refractivity contribution in [2.45, 2.75) is 19.9 Å². The van der Waals surface area contributed by atoms with E-state index in [2.05, 4.69) is 52.4 Å². The molecule has 1 nitrogen and oxygen atoms in total. The SMILES string of the molecule is CCc1cccc(NCc2ccc(Cl)cc2Br)c1. The average molecular weight is 325 g/mol. The van der Waals surface area contributed by atoms with Crippen molar-refractivity contribution in [2.75, 3.05) is 5.32 Å². The van der Waals surface area contributed by atoms with Crippen LogP contribution in [0.5, 0.6) is 0 Å². The largest absolute Gasteiger partial charge is 0.381 e. The second-order valence-corrected chi connectivity index (χ2v) is 5.43. The van der Waals surface area contributed by atoms with E-state index in [0.29, 0.717) is 0 Å². The Kier molecular flexibility index (Phi) is 4.67. The van der Waals surface area contributed by atoms with Crippen LogP contribution in [0.4, 0.5) is 5.69 Å². The molecular formula is C15H15BrClN. The van der Waals surface area contributed by atoms with Gasteiger partial charge in [-0.05, 0) is 41.8 Å². The topological polar surface area (TPSA) is 12.0 Å². The number of benzene rings is 2. The molecule has 0 spiro atoms. The maximum atomic E-state index is 5.92. The fourth-order valence-electron chi connectivity index (χ4n) is 1.76. The van der Waals surface area contributed by atoms with Gasteiger partial charge in [-0.1, -0.05) is 52.7 Å². The van der Waals surface area contributed by atoms with Gasteiger partial charge >= 0.3 is 0 Å². The summed E-state index contributed by atoms with van der Waals surface area (Å²) >= 11 is 9.45. The van der Waals surface area contributed by atoms with Crippen LogP contribution in [0.2, 0.25) is 5.02 Å². The highest BCUT2D eigenvalue weighted by molar-refractivity contribution is 9.10. The lowest BCUT2D eigenvalue weighted by Crippen LogP contribution is -2.00. The highest BCUT2D eigenvalue weighted by Crippen LogP contribution is 2.22. The summed E-state index contributed by atoms with van der Waals surface area (Å²) in [4.78, 5) is 0. The first-order valence-electron chi connectivity index (χ1n) is 5.96. The van der Waals surface area contributed by atoms with Crippen LogP contribution < -0.4 is 5.32 Å². The van der Waals surface area contributed by atoms with Crippen molar-refractivity contribution < 1.29 is 0 Å². The molecule has 0 saturated carbocycles. The van der Waals surface area contributed by atoms with Gasteiger partial charge in [-0.3, -0.25) is 0 Å². The van der Waals surface area contributed by atoms with Gasteiger partial charge in [0.25, 0.3) is 0 Å². The van der Waals surface area contributed by atoms with Gasteiger partial charge in [0.15, 0.2) is 0 Å². The Hall–Kier alpha value is -0.990. The van der Waals surface area contributed by atoms with Gasteiger partial charge < -0.3 is 5.32 Å². The van der Waals surface area contributed by atoms with Crippen molar-refractivity contribution >= 4 is 33.2 Å². The minimum atomic E-state index is 0.749. The highest BCUT2D eigenvalue weighted by atomic mass is 79.9. The lowest BCUT2D eigenvalue weighted by molar-refractivity contribution is 1.11. The van der Waals surface area contributed by atoms with E-state index < -0.39 is 0 Å². The fraction of sp³-hybridized carbons (Fsp3) is 0.200. The number of aryl methyl sites for hydroxylation is 1. The van der Waals surface area contributed by atoms with Gasteiger partial charge in [0.2, 0.25) is 0 Å². The number of anilines is 1. The predicted molar refractivity (Wildman–Crippen MR) is 82.3 cm³/mol. The molecule has 0 fully saturated rings. The molecule has 0 atom stereocenters. The summed E-state index contributed by atoms with van der Waals surface area (Å²) in [6, 6.07) is 14.4. The second kappa shape index (κ2) is 6.26. The van der Waals surface area contributed by atoms with Crippen molar-refractivity contribution in [1.29, 1.82) is 0 Å². The molecular weight excluding hydrogens is 310 g/mol. The second-order valence-electron chi connectivity index (χ2n) is 4.14. The molecule has 0 radical (unpaired) electrons. The van der Waals surface area contributed by atoms with Crippen LogP contribution >= 0.6 is 27.5 Å². The number of hydrogen-bond acceptors (Lipinski definition) is 1.